The predicted molar refractivity (Wildman–Crippen MR) is 127 cm³/mol. The number of thiazole rings is 2. The fraction of sp³-hybridized carbons (Fsp3) is 0.0870. The Balaban J connectivity index is 1.33. The lowest BCUT2D eigenvalue weighted by Gasteiger charge is -2.06. The smallest absolute Gasteiger partial charge is 0.231 e. The van der Waals surface area contributed by atoms with Gasteiger partial charge in [0.2, 0.25) is 5.91 Å². The number of hydrogen-bond donors (Lipinski definition) is 1. The molecule has 0 saturated heterocycles. The molecule has 1 N–H and O–H groups in total. The van der Waals surface area contributed by atoms with Crippen LogP contribution in [0.3, 0.4) is 0 Å². The second-order valence-corrected chi connectivity index (χ2v) is 9.39. The number of hydrogen-bond acceptors (Lipinski definition) is 5. The van der Waals surface area contributed by atoms with Crippen molar-refractivity contribution in [2.45, 2.75) is 12.8 Å². The number of nitrogens with zero attached hydrogens (tertiary/aromatic N) is 3. The average molecular weight is 483 g/mol. The van der Waals surface area contributed by atoms with Crippen LogP contribution in [-0.4, -0.2) is 20.3 Å². The summed E-state index contributed by atoms with van der Waals surface area (Å²) >= 11 is 9.04. The number of fused-ring (bicyclic) bond motifs is 1. The number of imidazole rings is 1. The molecule has 1 amide bonds. The number of amides is 1. The summed E-state index contributed by atoms with van der Waals surface area (Å²) in [7, 11) is 0. The lowest BCUT2D eigenvalue weighted by molar-refractivity contribution is -0.115. The molecule has 0 aliphatic carbocycles. The summed E-state index contributed by atoms with van der Waals surface area (Å²) in [5.74, 6) is 0.0469. The number of benzene rings is 2. The van der Waals surface area contributed by atoms with Gasteiger partial charge >= 0.3 is 0 Å². The van der Waals surface area contributed by atoms with Crippen LogP contribution in [0.25, 0.3) is 16.2 Å². The second kappa shape index (κ2) is 8.82. The highest BCUT2D eigenvalue weighted by atomic mass is 35.5. The quantitative estimate of drug-likeness (QED) is 0.319. The molecule has 0 aliphatic rings. The molecule has 0 aliphatic heterocycles. The highest BCUT2D eigenvalue weighted by molar-refractivity contribution is 7.15. The molecule has 3 aromatic heterocycles. The van der Waals surface area contributed by atoms with Crippen LogP contribution in [0.5, 0.6) is 0 Å². The number of aromatic nitrogens is 3. The average Bonchev–Trinajstić information content (AvgIpc) is 3.47. The van der Waals surface area contributed by atoms with Gasteiger partial charge in [-0.05, 0) is 42.0 Å². The van der Waals surface area contributed by atoms with Crippen molar-refractivity contribution in [2.24, 2.45) is 0 Å². The van der Waals surface area contributed by atoms with Gasteiger partial charge in [0.25, 0.3) is 0 Å². The van der Waals surface area contributed by atoms with E-state index >= 15 is 0 Å². The molecule has 0 atom stereocenters. The van der Waals surface area contributed by atoms with Gasteiger partial charge in [0.15, 0.2) is 4.96 Å². The van der Waals surface area contributed by atoms with Gasteiger partial charge in [-0.2, -0.15) is 0 Å². The van der Waals surface area contributed by atoms with E-state index in [0.29, 0.717) is 28.6 Å². The minimum atomic E-state index is -0.322. The fourth-order valence-corrected chi connectivity index (χ4v) is 5.14. The number of halogens is 2. The van der Waals surface area contributed by atoms with E-state index in [-0.39, 0.29) is 18.1 Å². The van der Waals surface area contributed by atoms with E-state index in [1.54, 1.807) is 12.1 Å². The fourth-order valence-electron chi connectivity index (χ4n) is 3.39. The first kappa shape index (κ1) is 20.8. The van der Waals surface area contributed by atoms with Crippen molar-refractivity contribution >= 4 is 51.0 Å². The molecule has 5 aromatic rings. The number of anilines is 1. The normalized spacial score (nSPS) is 11.2. The maximum Gasteiger partial charge on any atom is 0.231 e. The molecule has 0 spiro atoms. The van der Waals surface area contributed by atoms with E-state index in [0.717, 1.165) is 21.1 Å². The summed E-state index contributed by atoms with van der Waals surface area (Å²) in [6.45, 7) is 0. The van der Waals surface area contributed by atoms with Crippen molar-refractivity contribution in [3.8, 4) is 11.3 Å². The van der Waals surface area contributed by atoms with Crippen LogP contribution in [-0.2, 0) is 17.6 Å². The van der Waals surface area contributed by atoms with Crippen molar-refractivity contribution < 1.29 is 9.18 Å². The molecule has 2 aromatic carbocycles. The summed E-state index contributed by atoms with van der Waals surface area (Å²) in [5, 5.41) is 8.38. The molecule has 5 nitrogen and oxygen atoms in total. The Hall–Kier alpha value is -3.07. The minimum Gasteiger partial charge on any atom is -0.310 e. The van der Waals surface area contributed by atoms with Gasteiger partial charge in [-0.25, -0.2) is 14.4 Å². The van der Waals surface area contributed by atoms with Gasteiger partial charge in [-0.3, -0.25) is 9.20 Å². The van der Waals surface area contributed by atoms with Crippen molar-refractivity contribution in [2.75, 3.05) is 5.32 Å². The highest BCUT2D eigenvalue weighted by Crippen LogP contribution is 2.31. The van der Waals surface area contributed by atoms with E-state index in [4.69, 9.17) is 11.6 Å². The Kier molecular flexibility index (Phi) is 5.73. The topological polar surface area (TPSA) is 59.3 Å². The van der Waals surface area contributed by atoms with E-state index in [2.05, 4.69) is 15.3 Å². The summed E-state index contributed by atoms with van der Waals surface area (Å²) in [5.41, 5.74) is 3.12. The van der Waals surface area contributed by atoms with Crippen LogP contribution >= 0.6 is 34.3 Å². The zero-order valence-electron chi connectivity index (χ0n) is 16.6. The highest BCUT2D eigenvalue weighted by Gasteiger charge is 2.18. The molecular weight excluding hydrogens is 467 g/mol. The molecule has 0 unspecified atom stereocenters. The molecule has 0 saturated carbocycles. The molecule has 32 heavy (non-hydrogen) atoms. The Labute approximate surface area is 196 Å². The number of carbonyl (C=O) groups excluding carboxylic acids is 1. The Morgan fingerprint density at radius 1 is 1.12 bits per heavy atom. The molecule has 0 bridgehead atoms. The monoisotopic (exact) mass is 482 g/mol. The lowest BCUT2D eigenvalue weighted by Crippen LogP contribution is -2.16. The zero-order chi connectivity index (χ0) is 22.1. The van der Waals surface area contributed by atoms with Crippen LogP contribution in [0.1, 0.15) is 16.3 Å². The summed E-state index contributed by atoms with van der Waals surface area (Å²) in [6, 6.07) is 13.7. The van der Waals surface area contributed by atoms with Gasteiger partial charge in [0.05, 0.1) is 17.1 Å². The lowest BCUT2D eigenvalue weighted by atomic mass is 10.1. The standard InChI is InChI=1S/C23H16ClFN4OS2/c24-16-3-1-2-14(10-16)11-20-26-18(13-32-20)12-19(30)27-22-21(15-4-6-17(25)7-5-15)28-23-29(22)8-9-31-23/h1-10,13H,11-12H2,(H,27,30). The summed E-state index contributed by atoms with van der Waals surface area (Å²) in [6.07, 6.45) is 2.66. The minimum absolute atomic E-state index is 0.145. The molecular formula is C23H16ClFN4OS2. The van der Waals surface area contributed by atoms with E-state index in [9.17, 15) is 9.18 Å². The molecule has 160 valence electrons. The van der Waals surface area contributed by atoms with Crippen LogP contribution < -0.4 is 5.32 Å². The largest absolute Gasteiger partial charge is 0.310 e. The van der Waals surface area contributed by atoms with Crippen LogP contribution in [0.15, 0.2) is 65.5 Å². The van der Waals surface area contributed by atoms with E-state index in [1.807, 2.05) is 45.6 Å². The van der Waals surface area contributed by atoms with Crippen molar-refractivity contribution in [1.29, 1.82) is 0 Å². The van der Waals surface area contributed by atoms with Gasteiger partial charge < -0.3 is 5.32 Å². The SMILES string of the molecule is O=C(Cc1csc(Cc2cccc(Cl)c2)n1)Nc1c(-c2ccc(F)cc2)nc2sccn12. The summed E-state index contributed by atoms with van der Waals surface area (Å²) < 4.78 is 15.2. The van der Waals surface area contributed by atoms with Gasteiger partial charge in [0.1, 0.15) is 17.3 Å². The van der Waals surface area contributed by atoms with Crippen molar-refractivity contribution in [1.82, 2.24) is 14.4 Å². The van der Waals surface area contributed by atoms with E-state index < -0.39 is 0 Å². The maximum atomic E-state index is 13.4. The number of nitrogens with one attached hydrogen (secondary N) is 1. The van der Waals surface area contributed by atoms with Crippen LogP contribution in [0, 0.1) is 5.82 Å². The zero-order valence-corrected chi connectivity index (χ0v) is 19.0. The Morgan fingerprint density at radius 3 is 2.78 bits per heavy atom. The first-order valence-corrected chi connectivity index (χ1v) is 11.9. The molecule has 9 heteroatoms. The van der Waals surface area contributed by atoms with Gasteiger partial charge in [0, 0.05) is 34.0 Å². The van der Waals surface area contributed by atoms with Crippen LogP contribution in [0.4, 0.5) is 10.2 Å². The summed E-state index contributed by atoms with van der Waals surface area (Å²) in [4.78, 5) is 22.8. The van der Waals surface area contributed by atoms with Crippen molar-refractivity contribution in [3.05, 3.63) is 92.6 Å². The second-order valence-electron chi connectivity index (χ2n) is 7.14. The molecule has 3 heterocycles. The number of carbonyl (C=O) groups is 1. The predicted octanol–water partition coefficient (Wildman–Crippen LogP) is 6.08. The third-order valence-corrected chi connectivity index (χ3v) is 6.71. The first-order chi connectivity index (χ1) is 15.5. The van der Waals surface area contributed by atoms with Gasteiger partial charge in [-0.15, -0.1) is 22.7 Å². The van der Waals surface area contributed by atoms with Crippen molar-refractivity contribution in [3.63, 3.8) is 0 Å². The molecule has 0 fully saturated rings. The Morgan fingerprint density at radius 2 is 1.97 bits per heavy atom. The first-order valence-electron chi connectivity index (χ1n) is 9.74. The Bertz CT molecular complexity index is 1410. The number of rotatable bonds is 6. The van der Waals surface area contributed by atoms with Gasteiger partial charge in [-0.1, -0.05) is 23.7 Å². The van der Waals surface area contributed by atoms with E-state index in [1.165, 1.54) is 34.8 Å². The molecule has 5 rings (SSSR count). The molecule has 0 radical (unpaired) electrons. The third kappa shape index (κ3) is 4.43. The van der Waals surface area contributed by atoms with Crippen LogP contribution in [0.2, 0.25) is 5.02 Å². The maximum absolute atomic E-state index is 13.4. The third-order valence-electron chi connectivity index (χ3n) is 4.82.